The number of carbonyl (C=O) groups excluding carboxylic acids is 1. The fraction of sp³-hybridized carbons (Fsp3) is 0.750. The minimum absolute atomic E-state index is 0. The van der Waals surface area contributed by atoms with E-state index in [0.717, 1.165) is 13.0 Å². The zero-order valence-corrected chi connectivity index (χ0v) is 5.20. The smallest absolute Gasteiger partial charge is 0.236 e. The van der Waals surface area contributed by atoms with Gasteiger partial charge in [0.2, 0.25) is 5.91 Å². The van der Waals surface area contributed by atoms with Crippen molar-refractivity contribution in [2.45, 2.75) is 12.5 Å². The number of nitrogens with one attached hydrogen (secondary N) is 1. The zero-order chi connectivity index (χ0) is 5.28. The predicted molar refractivity (Wildman–Crippen MR) is 32.9 cm³/mol. The maximum absolute atomic E-state index is 10.3. The lowest BCUT2D eigenvalue weighted by atomic mass is 10.3. The minimum atomic E-state index is -0.236. The van der Waals surface area contributed by atoms with E-state index in [1.165, 1.54) is 0 Å². The highest BCUT2D eigenvalue weighted by Gasteiger charge is 2.18. The molecule has 0 aromatic carbocycles. The molecular formula is C4H9ClN2O. The molecule has 48 valence electrons. The Morgan fingerprint density at radius 3 is 2.50 bits per heavy atom. The molecular weight excluding hydrogens is 128 g/mol. The third-order valence-electron chi connectivity index (χ3n) is 1.09. The van der Waals surface area contributed by atoms with Gasteiger partial charge in [-0.05, 0) is 6.42 Å². The fourth-order valence-corrected chi connectivity index (χ4v) is 0.613. The highest BCUT2D eigenvalue weighted by molar-refractivity contribution is 5.85. The minimum Gasteiger partial charge on any atom is -0.355 e. The Kier molecular flexibility index (Phi) is 2.79. The molecule has 1 aliphatic heterocycles. The van der Waals surface area contributed by atoms with Crippen molar-refractivity contribution < 1.29 is 4.79 Å². The molecule has 1 atom stereocenters. The van der Waals surface area contributed by atoms with Crippen LogP contribution < -0.4 is 11.1 Å². The SMILES string of the molecule is Cl.NC1CCNC1=O. The highest BCUT2D eigenvalue weighted by Crippen LogP contribution is 1.92. The van der Waals surface area contributed by atoms with Crippen LogP contribution in [0, 0.1) is 0 Å². The molecule has 0 radical (unpaired) electrons. The van der Waals surface area contributed by atoms with Crippen LogP contribution in [0.1, 0.15) is 6.42 Å². The third-order valence-corrected chi connectivity index (χ3v) is 1.09. The van der Waals surface area contributed by atoms with Gasteiger partial charge in [0.25, 0.3) is 0 Å². The summed E-state index contributed by atoms with van der Waals surface area (Å²) in [4.78, 5) is 10.3. The Morgan fingerprint density at radius 2 is 2.38 bits per heavy atom. The van der Waals surface area contributed by atoms with Crippen LogP contribution in [0.4, 0.5) is 0 Å². The van der Waals surface area contributed by atoms with Crippen molar-refractivity contribution >= 4 is 18.3 Å². The van der Waals surface area contributed by atoms with Gasteiger partial charge in [-0.3, -0.25) is 4.79 Å². The Balaban J connectivity index is 0.000000490. The van der Waals surface area contributed by atoms with E-state index in [1.807, 2.05) is 0 Å². The van der Waals surface area contributed by atoms with Crippen molar-refractivity contribution in [2.24, 2.45) is 5.73 Å². The van der Waals surface area contributed by atoms with Gasteiger partial charge >= 0.3 is 0 Å². The summed E-state index contributed by atoms with van der Waals surface area (Å²) in [5, 5.41) is 2.61. The number of rotatable bonds is 0. The van der Waals surface area contributed by atoms with E-state index in [9.17, 15) is 4.79 Å². The fourth-order valence-electron chi connectivity index (χ4n) is 0.613. The lowest BCUT2D eigenvalue weighted by molar-refractivity contribution is -0.120. The van der Waals surface area contributed by atoms with Crippen LogP contribution in [0.5, 0.6) is 0 Å². The summed E-state index contributed by atoms with van der Waals surface area (Å²) in [5.74, 6) is -0.0139. The van der Waals surface area contributed by atoms with E-state index in [2.05, 4.69) is 5.32 Å². The van der Waals surface area contributed by atoms with E-state index in [-0.39, 0.29) is 24.4 Å². The van der Waals surface area contributed by atoms with Crippen molar-refractivity contribution in [1.82, 2.24) is 5.32 Å². The molecule has 1 unspecified atom stereocenters. The first-order valence-electron chi connectivity index (χ1n) is 2.34. The summed E-state index contributed by atoms with van der Waals surface area (Å²) in [6.07, 6.45) is 0.791. The van der Waals surface area contributed by atoms with Gasteiger partial charge in [-0.2, -0.15) is 0 Å². The highest BCUT2D eigenvalue weighted by atomic mass is 35.5. The topological polar surface area (TPSA) is 55.1 Å². The van der Waals surface area contributed by atoms with Gasteiger partial charge in [0.1, 0.15) is 0 Å². The van der Waals surface area contributed by atoms with Crippen molar-refractivity contribution in [3.63, 3.8) is 0 Å². The molecule has 1 heterocycles. The molecule has 0 saturated carbocycles. The van der Waals surface area contributed by atoms with Crippen LogP contribution in [-0.2, 0) is 4.79 Å². The van der Waals surface area contributed by atoms with E-state index in [1.54, 1.807) is 0 Å². The average molecular weight is 137 g/mol. The summed E-state index contributed by atoms with van der Waals surface area (Å²) in [6, 6.07) is -0.236. The van der Waals surface area contributed by atoms with Crippen molar-refractivity contribution in [3.05, 3.63) is 0 Å². The van der Waals surface area contributed by atoms with Crippen molar-refractivity contribution in [2.75, 3.05) is 6.54 Å². The molecule has 0 spiro atoms. The van der Waals surface area contributed by atoms with Gasteiger partial charge in [-0.25, -0.2) is 0 Å². The first kappa shape index (κ1) is 7.72. The Hall–Kier alpha value is -0.280. The predicted octanol–water partition coefficient (Wildman–Crippen LogP) is -0.745. The summed E-state index contributed by atoms with van der Waals surface area (Å²) >= 11 is 0. The second-order valence-electron chi connectivity index (χ2n) is 1.69. The molecule has 0 bridgehead atoms. The maximum Gasteiger partial charge on any atom is 0.236 e. The van der Waals surface area contributed by atoms with E-state index < -0.39 is 0 Å². The maximum atomic E-state index is 10.3. The number of hydrogen-bond acceptors (Lipinski definition) is 2. The van der Waals surface area contributed by atoms with Gasteiger partial charge in [-0.15, -0.1) is 12.4 Å². The van der Waals surface area contributed by atoms with Gasteiger partial charge in [-0.1, -0.05) is 0 Å². The molecule has 3 nitrogen and oxygen atoms in total. The summed E-state index contributed by atoms with van der Waals surface area (Å²) in [7, 11) is 0. The molecule has 1 aliphatic rings. The van der Waals surface area contributed by atoms with Crippen molar-refractivity contribution in [3.8, 4) is 0 Å². The third kappa shape index (κ3) is 1.35. The first-order chi connectivity index (χ1) is 3.30. The lowest BCUT2D eigenvalue weighted by Crippen LogP contribution is -2.29. The monoisotopic (exact) mass is 136 g/mol. The van der Waals surface area contributed by atoms with Crippen LogP contribution in [0.25, 0.3) is 0 Å². The molecule has 0 aliphatic carbocycles. The number of halogens is 1. The number of nitrogens with two attached hydrogens (primary N) is 1. The molecule has 1 fully saturated rings. The number of amides is 1. The zero-order valence-electron chi connectivity index (χ0n) is 4.39. The summed E-state index contributed by atoms with van der Waals surface area (Å²) < 4.78 is 0. The van der Waals surface area contributed by atoms with Gasteiger partial charge in [0, 0.05) is 6.54 Å². The Bertz CT molecular complexity index is 96.0. The van der Waals surface area contributed by atoms with Crippen molar-refractivity contribution in [1.29, 1.82) is 0 Å². The quantitative estimate of drug-likeness (QED) is 0.461. The van der Waals surface area contributed by atoms with Crippen LogP contribution in [0.2, 0.25) is 0 Å². The first-order valence-corrected chi connectivity index (χ1v) is 2.34. The summed E-state index contributed by atoms with van der Waals surface area (Å²) in [6.45, 7) is 0.750. The Morgan fingerprint density at radius 1 is 1.75 bits per heavy atom. The van der Waals surface area contributed by atoms with Gasteiger partial charge < -0.3 is 11.1 Å². The van der Waals surface area contributed by atoms with Gasteiger partial charge in [0.05, 0.1) is 6.04 Å². The molecule has 3 N–H and O–H groups in total. The largest absolute Gasteiger partial charge is 0.355 e. The van der Waals surface area contributed by atoms with Gasteiger partial charge in [0.15, 0.2) is 0 Å². The number of hydrogen-bond donors (Lipinski definition) is 2. The molecule has 0 aromatic rings. The average Bonchev–Trinajstić information content (AvgIpc) is 1.91. The van der Waals surface area contributed by atoms with Crippen LogP contribution in [0.15, 0.2) is 0 Å². The summed E-state index contributed by atoms with van der Waals surface area (Å²) in [5.41, 5.74) is 5.27. The van der Waals surface area contributed by atoms with Crippen LogP contribution in [0.3, 0.4) is 0 Å². The van der Waals surface area contributed by atoms with E-state index in [4.69, 9.17) is 5.73 Å². The molecule has 1 rings (SSSR count). The second kappa shape index (κ2) is 2.89. The standard InChI is InChI=1S/C4H8N2O.ClH/c5-3-1-2-6-4(3)7;/h3H,1-2,5H2,(H,6,7);1H. The van der Waals surface area contributed by atoms with Crippen LogP contribution >= 0.6 is 12.4 Å². The van der Waals surface area contributed by atoms with E-state index in [0.29, 0.717) is 0 Å². The molecule has 4 heteroatoms. The molecule has 1 saturated heterocycles. The van der Waals surface area contributed by atoms with E-state index >= 15 is 0 Å². The second-order valence-corrected chi connectivity index (χ2v) is 1.69. The normalized spacial score (nSPS) is 26.6. The molecule has 1 amide bonds. The lowest BCUT2D eigenvalue weighted by Gasteiger charge is -1.91. The number of carbonyl (C=O) groups is 1. The Labute approximate surface area is 54.0 Å². The van der Waals surface area contributed by atoms with Crippen LogP contribution in [-0.4, -0.2) is 18.5 Å². The molecule has 0 aromatic heterocycles. The molecule has 8 heavy (non-hydrogen) atoms.